The number of carbonyl (C=O) groups excluding carboxylic acids is 1. The summed E-state index contributed by atoms with van der Waals surface area (Å²) in [6.45, 7) is 13.7. The molecule has 48 heavy (non-hydrogen) atoms. The van der Waals surface area contributed by atoms with Crippen LogP contribution in [0, 0.1) is 11.2 Å². The van der Waals surface area contributed by atoms with Crippen molar-refractivity contribution in [1.29, 1.82) is 0 Å². The van der Waals surface area contributed by atoms with E-state index in [4.69, 9.17) is 18.8 Å². The summed E-state index contributed by atoms with van der Waals surface area (Å²) in [5, 5.41) is 0. The molecule has 0 aliphatic carbocycles. The van der Waals surface area contributed by atoms with E-state index in [1.165, 1.54) is 24.3 Å². The zero-order chi connectivity index (χ0) is 35.3. The Labute approximate surface area is 279 Å². The molecular formula is C35H44BF5N2O5. The highest BCUT2D eigenvalue weighted by atomic mass is 19.4. The molecule has 5 rings (SSSR count). The van der Waals surface area contributed by atoms with Crippen LogP contribution in [-0.4, -0.2) is 61.1 Å². The molecule has 0 bridgehead atoms. The van der Waals surface area contributed by atoms with Gasteiger partial charge in [-0.3, -0.25) is 0 Å². The van der Waals surface area contributed by atoms with Crippen molar-refractivity contribution >= 4 is 25.0 Å². The number of nitrogens with zero attached hydrogens (tertiary/aromatic N) is 2. The van der Waals surface area contributed by atoms with Crippen molar-refractivity contribution in [3.63, 3.8) is 0 Å². The fraction of sp³-hybridized carbons (Fsp3) is 0.571. The van der Waals surface area contributed by atoms with Crippen LogP contribution in [0.25, 0.3) is 6.08 Å². The molecule has 0 radical (unpaired) electrons. The lowest BCUT2D eigenvalue weighted by Gasteiger charge is -2.49. The topological polar surface area (TPSA) is 60.5 Å². The number of hydrogen-bond donors (Lipinski definition) is 0. The van der Waals surface area contributed by atoms with E-state index in [2.05, 4.69) is 0 Å². The number of anilines is 1. The molecule has 7 nitrogen and oxygen atoms in total. The van der Waals surface area contributed by atoms with Gasteiger partial charge in [0.05, 0.1) is 16.9 Å². The summed E-state index contributed by atoms with van der Waals surface area (Å²) in [4.78, 5) is 16.0. The van der Waals surface area contributed by atoms with E-state index in [1.807, 2.05) is 0 Å². The van der Waals surface area contributed by atoms with E-state index in [-0.39, 0.29) is 30.1 Å². The number of rotatable bonds is 5. The monoisotopic (exact) mass is 678 g/mol. The SMILES string of the molecule is CC(C)(C)OC(=O)N1CCC2(CCCN(c3c(/C=C(\F)B4OC(C)(C)C(C)(C)O4)ccc(Oc4ccccc4F)c3C(F)(F)F)C2)CC1. The quantitative estimate of drug-likeness (QED) is 0.232. The van der Waals surface area contributed by atoms with Crippen molar-refractivity contribution in [3.8, 4) is 11.5 Å². The van der Waals surface area contributed by atoms with E-state index >= 15 is 17.6 Å². The molecular weight excluding hydrogens is 634 g/mol. The number of ether oxygens (including phenoxy) is 2. The third kappa shape index (κ3) is 7.62. The van der Waals surface area contributed by atoms with Gasteiger partial charge in [0.2, 0.25) is 0 Å². The molecule has 0 saturated carbocycles. The number of carbonyl (C=O) groups is 1. The second-order valence-corrected chi connectivity index (χ2v) is 15.0. The van der Waals surface area contributed by atoms with Crippen LogP contribution >= 0.6 is 0 Å². The minimum atomic E-state index is -4.95. The van der Waals surface area contributed by atoms with Crippen LogP contribution in [0.4, 0.5) is 32.4 Å². The third-order valence-corrected chi connectivity index (χ3v) is 9.74. The number of likely N-dealkylation sites (tertiary alicyclic amines) is 1. The van der Waals surface area contributed by atoms with Crippen molar-refractivity contribution < 1.29 is 45.5 Å². The third-order valence-electron chi connectivity index (χ3n) is 9.74. The van der Waals surface area contributed by atoms with Gasteiger partial charge in [0.25, 0.3) is 0 Å². The molecule has 3 fully saturated rings. The summed E-state index contributed by atoms with van der Waals surface area (Å²) >= 11 is 0. The maximum absolute atomic E-state index is 15.9. The van der Waals surface area contributed by atoms with Gasteiger partial charge < -0.3 is 28.6 Å². The van der Waals surface area contributed by atoms with Crippen LogP contribution in [0.3, 0.4) is 0 Å². The van der Waals surface area contributed by atoms with Crippen LogP contribution in [0.1, 0.15) is 85.3 Å². The normalized spacial score (nSPS) is 21.1. The van der Waals surface area contributed by atoms with Gasteiger partial charge in [-0.05, 0) is 110 Å². The molecule has 3 aliphatic rings. The van der Waals surface area contributed by atoms with Crippen LogP contribution in [0.15, 0.2) is 42.1 Å². The van der Waals surface area contributed by atoms with Gasteiger partial charge >= 0.3 is 19.4 Å². The first-order valence-corrected chi connectivity index (χ1v) is 16.3. The Morgan fingerprint density at radius 3 is 2.12 bits per heavy atom. The Morgan fingerprint density at radius 2 is 1.54 bits per heavy atom. The first-order valence-electron chi connectivity index (χ1n) is 16.3. The van der Waals surface area contributed by atoms with Gasteiger partial charge in [-0.25, -0.2) is 13.6 Å². The number of halogens is 5. The Hall–Kier alpha value is -3.32. The zero-order valence-corrected chi connectivity index (χ0v) is 28.6. The number of amides is 1. The molecule has 0 N–H and O–H groups in total. The van der Waals surface area contributed by atoms with Gasteiger partial charge in [-0.15, -0.1) is 0 Å². The second-order valence-electron chi connectivity index (χ2n) is 15.0. The lowest BCUT2D eigenvalue weighted by molar-refractivity contribution is -0.138. The molecule has 2 aromatic carbocycles. The highest BCUT2D eigenvalue weighted by Crippen LogP contribution is 2.50. The largest absolute Gasteiger partial charge is 0.525 e. The van der Waals surface area contributed by atoms with Crippen LogP contribution in [-0.2, 0) is 20.2 Å². The molecule has 0 aromatic heterocycles. The highest BCUT2D eigenvalue weighted by Gasteiger charge is 2.53. The number of para-hydroxylation sites is 1. The fourth-order valence-corrected chi connectivity index (χ4v) is 6.52. The number of piperidine rings is 2. The molecule has 2 aromatic rings. The van der Waals surface area contributed by atoms with Crippen LogP contribution in [0.2, 0.25) is 0 Å². The van der Waals surface area contributed by atoms with Crippen LogP contribution in [0.5, 0.6) is 11.5 Å². The molecule has 3 heterocycles. The van der Waals surface area contributed by atoms with Crippen LogP contribution < -0.4 is 9.64 Å². The van der Waals surface area contributed by atoms with Gasteiger partial charge in [-0.2, -0.15) is 13.2 Å². The standard InChI is InChI=1S/C35H44BF5N2O5/c1-31(2,3)46-30(44)42-19-16-34(17-20-42)15-10-18-43(22-34)29-23(21-27(38)36-47-32(4,5)33(6,7)48-36)13-14-26(28(29)35(39,40)41)45-25-12-9-8-11-24(25)37/h8-9,11-14,21H,10,15-20,22H2,1-7H3/b27-21-. The van der Waals surface area contributed by atoms with E-state index in [0.29, 0.717) is 32.4 Å². The molecule has 1 amide bonds. The number of alkyl halides is 3. The Kier molecular flexibility index (Phi) is 9.64. The van der Waals surface area contributed by atoms with Gasteiger partial charge in [0.1, 0.15) is 22.6 Å². The minimum Gasteiger partial charge on any atom is -0.454 e. The summed E-state index contributed by atoms with van der Waals surface area (Å²) in [7, 11) is -1.42. The summed E-state index contributed by atoms with van der Waals surface area (Å²) < 4.78 is 98.8. The number of hydrogen-bond acceptors (Lipinski definition) is 6. The lowest BCUT2D eigenvalue weighted by atomic mass is 9.72. The van der Waals surface area contributed by atoms with Crippen molar-refractivity contribution in [1.82, 2.24) is 4.90 Å². The Balaban J connectivity index is 1.54. The molecule has 3 aliphatic heterocycles. The lowest BCUT2D eigenvalue weighted by Crippen LogP contribution is -2.51. The van der Waals surface area contributed by atoms with Crippen molar-refractivity contribution in [2.45, 2.75) is 97.1 Å². The number of benzene rings is 2. The summed E-state index contributed by atoms with van der Waals surface area (Å²) in [5.74, 6) is -1.79. The average molecular weight is 679 g/mol. The first kappa shape index (κ1) is 36.0. The fourth-order valence-electron chi connectivity index (χ4n) is 6.52. The second kappa shape index (κ2) is 12.9. The highest BCUT2D eigenvalue weighted by molar-refractivity contribution is 6.54. The summed E-state index contributed by atoms with van der Waals surface area (Å²) in [6, 6.07) is 7.64. The van der Waals surface area contributed by atoms with E-state index in [1.54, 1.807) is 58.3 Å². The predicted octanol–water partition coefficient (Wildman–Crippen LogP) is 9.20. The molecule has 262 valence electrons. The van der Waals surface area contributed by atoms with Crippen molar-refractivity contribution in [3.05, 3.63) is 59.1 Å². The molecule has 0 atom stereocenters. The zero-order valence-electron chi connectivity index (χ0n) is 28.6. The smallest absolute Gasteiger partial charge is 0.454 e. The van der Waals surface area contributed by atoms with Crippen molar-refractivity contribution in [2.75, 3.05) is 31.1 Å². The molecule has 0 unspecified atom stereocenters. The van der Waals surface area contributed by atoms with Gasteiger partial charge in [0, 0.05) is 31.7 Å². The average Bonchev–Trinajstić information content (AvgIpc) is 3.20. The molecule has 3 saturated heterocycles. The van der Waals surface area contributed by atoms with E-state index in [9.17, 15) is 9.18 Å². The summed E-state index contributed by atoms with van der Waals surface area (Å²) in [6.07, 6.45) is -1.91. The van der Waals surface area contributed by atoms with E-state index in [0.717, 1.165) is 24.6 Å². The predicted molar refractivity (Wildman–Crippen MR) is 174 cm³/mol. The van der Waals surface area contributed by atoms with Gasteiger partial charge in [0.15, 0.2) is 11.6 Å². The molecule has 13 heteroatoms. The minimum absolute atomic E-state index is 0.0429. The van der Waals surface area contributed by atoms with Crippen molar-refractivity contribution in [2.24, 2.45) is 5.41 Å². The maximum Gasteiger partial charge on any atom is 0.525 e. The summed E-state index contributed by atoms with van der Waals surface area (Å²) in [5.41, 5.74) is -5.12. The molecule has 1 spiro atoms. The first-order chi connectivity index (χ1) is 22.2. The van der Waals surface area contributed by atoms with E-state index < -0.39 is 64.5 Å². The Morgan fingerprint density at radius 1 is 0.917 bits per heavy atom. The Bertz CT molecular complexity index is 1530. The van der Waals surface area contributed by atoms with Gasteiger partial charge in [-0.1, -0.05) is 12.1 Å². The maximum atomic E-state index is 15.9.